The third-order valence-electron chi connectivity index (χ3n) is 4.06. The lowest BCUT2D eigenvalue weighted by molar-refractivity contribution is -0.139. The number of hydrogen-bond donors (Lipinski definition) is 1. The van der Waals surface area contributed by atoms with Crippen LogP contribution < -0.4 is 0 Å². The standard InChI is InChI=1S/C14H16N2O2/c1-16-11-6-3-2-5-10(11)13(15-16)14(7-4-8-14)9-12(17)18/h2-3,5-6H,4,7-9H2,1H3,(H,17,18). The van der Waals surface area contributed by atoms with Gasteiger partial charge in [0.05, 0.1) is 17.6 Å². The molecule has 0 aliphatic heterocycles. The van der Waals surface area contributed by atoms with Gasteiger partial charge >= 0.3 is 5.97 Å². The van der Waals surface area contributed by atoms with E-state index < -0.39 is 5.97 Å². The minimum absolute atomic E-state index is 0.188. The van der Waals surface area contributed by atoms with Crippen molar-refractivity contribution in [1.29, 1.82) is 0 Å². The Balaban J connectivity index is 2.16. The maximum absolute atomic E-state index is 11.1. The molecule has 1 aliphatic carbocycles. The molecule has 1 N–H and O–H groups in total. The van der Waals surface area contributed by atoms with Crippen LogP contribution in [0.15, 0.2) is 24.3 Å². The monoisotopic (exact) mass is 244 g/mol. The van der Waals surface area contributed by atoms with E-state index in [2.05, 4.69) is 5.10 Å². The molecule has 0 atom stereocenters. The van der Waals surface area contributed by atoms with Crippen LogP contribution in [0.4, 0.5) is 0 Å². The number of fused-ring (bicyclic) bond motifs is 1. The second-order valence-electron chi connectivity index (χ2n) is 5.19. The number of para-hydroxylation sites is 1. The summed E-state index contributed by atoms with van der Waals surface area (Å²) in [5.74, 6) is -0.732. The maximum atomic E-state index is 11.1. The summed E-state index contributed by atoms with van der Waals surface area (Å²) in [4.78, 5) is 11.1. The summed E-state index contributed by atoms with van der Waals surface area (Å²) in [5, 5.41) is 14.8. The Morgan fingerprint density at radius 2 is 2.17 bits per heavy atom. The zero-order valence-electron chi connectivity index (χ0n) is 10.4. The van der Waals surface area contributed by atoms with Gasteiger partial charge in [0, 0.05) is 17.8 Å². The van der Waals surface area contributed by atoms with Crippen LogP contribution in [0.2, 0.25) is 0 Å². The first-order valence-electron chi connectivity index (χ1n) is 6.26. The SMILES string of the molecule is Cn1nc(C2(CC(=O)O)CCC2)c2ccccc21. The van der Waals surface area contributed by atoms with Crippen molar-refractivity contribution < 1.29 is 9.90 Å². The predicted molar refractivity (Wildman–Crippen MR) is 68.5 cm³/mol. The summed E-state index contributed by atoms with van der Waals surface area (Å²) in [7, 11) is 1.92. The highest BCUT2D eigenvalue weighted by molar-refractivity contribution is 5.84. The summed E-state index contributed by atoms with van der Waals surface area (Å²) in [6.07, 6.45) is 3.15. The molecule has 4 nitrogen and oxygen atoms in total. The molecule has 1 heterocycles. The number of aryl methyl sites for hydroxylation is 1. The van der Waals surface area contributed by atoms with Crippen molar-refractivity contribution in [3.05, 3.63) is 30.0 Å². The molecule has 94 valence electrons. The molecule has 1 aromatic carbocycles. The van der Waals surface area contributed by atoms with E-state index >= 15 is 0 Å². The lowest BCUT2D eigenvalue weighted by Gasteiger charge is -2.39. The van der Waals surface area contributed by atoms with Crippen LogP contribution in [0.3, 0.4) is 0 Å². The number of carboxylic acids is 1. The normalized spacial score (nSPS) is 17.6. The smallest absolute Gasteiger partial charge is 0.304 e. The van der Waals surface area contributed by atoms with Gasteiger partial charge in [0.1, 0.15) is 0 Å². The Kier molecular flexibility index (Phi) is 2.40. The first-order chi connectivity index (χ1) is 8.62. The van der Waals surface area contributed by atoms with Gasteiger partial charge in [0.15, 0.2) is 0 Å². The number of nitrogens with zero attached hydrogens (tertiary/aromatic N) is 2. The predicted octanol–water partition coefficient (Wildman–Crippen LogP) is 2.47. The molecular weight excluding hydrogens is 228 g/mol. The molecule has 0 bridgehead atoms. The van der Waals surface area contributed by atoms with Crippen molar-refractivity contribution in [1.82, 2.24) is 9.78 Å². The first-order valence-corrected chi connectivity index (χ1v) is 6.26. The molecule has 0 spiro atoms. The average Bonchev–Trinajstić information content (AvgIpc) is 2.62. The van der Waals surface area contributed by atoms with Gasteiger partial charge in [0.2, 0.25) is 0 Å². The second-order valence-corrected chi connectivity index (χ2v) is 5.19. The molecule has 1 saturated carbocycles. The number of rotatable bonds is 3. The number of aliphatic carboxylic acids is 1. The van der Waals surface area contributed by atoms with E-state index in [-0.39, 0.29) is 11.8 Å². The lowest BCUT2D eigenvalue weighted by Crippen LogP contribution is -2.37. The fourth-order valence-electron chi connectivity index (χ4n) is 3.00. The quantitative estimate of drug-likeness (QED) is 0.902. The summed E-state index contributed by atoms with van der Waals surface area (Å²) >= 11 is 0. The lowest BCUT2D eigenvalue weighted by atomic mass is 9.64. The van der Waals surface area contributed by atoms with Crippen molar-refractivity contribution in [3.63, 3.8) is 0 Å². The van der Waals surface area contributed by atoms with E-state index in [0.717, 1.165) is 35.9 Å². The van der Waals surface area contributed by atoms with E-state index in [1.807, 2.05) is 36.0 Å². The molecule has 1 aromatic heterocycles. The van der Waals surface area contributed by atoms with Crippen molar-refractivity contribution in [2.24, 2.45) is 7.05 Å². The van der Waals surface area contributed by atoms with Crippen LogP contribution in [-0.2, 0) is 17.3 Å². The molecule has 18 heavy (non-hydrogen) atoms. The van der Waals surface area contributed by atoms with Gasteiger partial charge in [-0.3, -0.25) is 9.48 Å². The van der Waals surface area contributed by atoms with Crippen LogP contribution in [-0.4, -0.2) is 20.9 Å². The number of aromatic nitrogens is 2. The Bertz CT molecular complexity index is 611. The largest absolute Gasteiger partial charge is 0.481 e. The Morgan fingerprint density at radius 3 is 2.78 bits per heavy atom. The molecule has 1 fully saturated rings. The van der Waals surface area contributed by atoms with Crippen LogP contribution in [0, 0.1) is 0 Å². The Labute approximate surface area is 105 Å². The Morgan fingerprint density at radius 1 is 1.44 bits per heavy atom. The summed E-state index contributed by atoms with van der Waals surface area (Å²) < 4.78 is 1.85. The van der Waals surface area contributed by atoms with Crippen LogP contribution in [0.25, 0.3) is 10.9 Å². The van der Waals surface area contributed by atoms with Crippen LogP contribution in [0.5, 0.6) is 0 Å². The molecule has 4 heteroatoms. The second kappa shape index (κ2) is 3.83. The van der Waals surface area contributed by atoms with Gasteiger partial charge in [-0.25, -0.2) is 0 Å². The summed E-state index contributed by atoms with van der Waals surface area (Å²) in [6, 6.07) is 8.04. The molecule has 0 saturated heterocycles. The average molecular weight is 244 g/mol. The van der Waals surface area contributed by atoms with Gasteiger partial charge in [-0.05, 0) is 18.9 Å². The molecular formula is C14H16N2O2. The van der Waals surface area contributed by atoms with Crippen LogP contribution >= 0.6 is 0 Å². The van der Waals surface area contributed by atoms with Gasteiger partial charge in [-0.2, -0.15) is 5.10 Å². The number of carboxylic acid groups (broad SMARTS) is 1. The van der Waals surface area contributed by atoms with Gasteiger partial charge in [0.25, 0.3) is 0 Å². The minimum Gasteiger partial charge on any atom is -0.481 e. The van der Waals surface area contributed by atoms with E-state index in [1.165, 1.54) is 0 Å². The summed E-state index contributed by atoms with van der Waals surface area (Å²) in [5.41, 5.74) is 1.80. The molecule has 1 aliphatic rings. The van der Waals surface area contributed by atoms with E-state index in [9.17, 15) is 4.79 Å². The highest BCUT2D eigenvalue weighted by atomic mass is 16.4. The van der Waals surface area contributed by atoms with Gasteiger partial charge < -0.3 is 5.11 Å². The van der Waals surface area contributed by atoms with E-state index in [4.69, 9.17) is 5.11 Å². The van der Waals surface area contributed by atoms with Crippen molar-refractivity contribution in [2.45, 2.75) is 31.1 Å². The Hall–Kier alpha value is -1.84. The number of carbonyl (C=O) groups is 1. The highest BCUT2D eigenvalue weighted by Crippen LogP contribution is 2.47. The van der Waals surface area contributed by atoms with Crippen molar-refractivity contribution in [2.75, 3.05) is 0 Å². The first kappa shape index (κ1) is 11.3. The molecule has 0 radical (unpaired) electrons. The fourth-order valence-corrected chi connectivity index (χ4v) is 3.00. The van der Waals surface area contributed by atoms with E-state index in [0.29, 0.717) is 0 Å². The van der Waals surface area contributed by atoms with Crippen molar-refractivity contribution in [3.8, 4) is 0 Å². The number of hydrogen-bond acceptors (Lipinski definition) is 2. The van der Waals surface area contributed by atoms with E-state index in [1.54, 1.807) is 0 Å². The number of benzene rings is 1. The molecule has 3 rings (SSSR count). The topological polar surface area (TPSA) is 55.1 Å². The third-order valence-corrected chi connectivity index (χ3v) is 4.06. The molecule has 2 aromatic rings. The zero-order chi connectivity index (χ0) is 12.8. The summed E-state index contributed by atoms with van der Waals surface area (Å²) in [6.45, 7) is 0. The molecule has 0 amide bonds. The highest BCUT2D eigenvalue weighted by Gasteiger charge is 2.43. The van der Waals surface area contributed by atoms with Crippen LogP contribution in [0.1, 0.15) is 31.4 Å². The van der Waals surface area contributed by atoms with Gasteiger partial charge in [-0.15, -0.1) is 0 Å². The molecule has 0 unspecified atom stereocenters. The maximum Gasteiger partial charge on any atom is 0.304 e. The van der Waals surface area contributed by atoms with Gasteiger partial charge in [-0.1, -0.05) is 24.6 Å². The third kappa shape index (κ3) is 1.52. The fraction of sp³-hybridized carbons (Fsp3) is 0.429. The zero-order valence-corrected chi connectivity index (χ0v) is 10.4. The minimum atomic E-state index is -0.732. The van der Waals surface area contributed by atoms with Crippen molar-refractivity contribution >= 4 is 16.9 Å².